The molecule has 3 amide bonds. The zero-order valence-electron chi connectivity index (χ0n) is 14.8. The predicted octanol–water partition coefficient (Wildman–Crippen LogP) is 0.732. The first kappa shape index (κ1) is 17.2. The molecule has 3 saturated heterocycles. The summed E-state index contributed by atoms with van der Waals surface area (Å²) >= 11 is 0. The van der Waals surface area contributed by atoms with Gasteiger partial charge in [0, 0.05) is 25.8 Å². The number of carbonyl (C=O) groups excluding carboxylic acids is 2. The summed E-state index contributed by atoms with van der Waals surface area (Å²) in [6, 6.07) is 5.51. The monoisotopic (exact) mass is 360 g/mol. The lowest BCUT2D eigenvalue weighted by Gasteiger charge is -2.42. The molecule has 0 unspecified atom stereocenters. The Bertz CT molecular complexity index is 664. The van der Waals surface area contributed by atoms with Crippen LogP contribution in [0.25, 0.3) is 0 Å². The molecular weight excluding hydrogens is 336 g/mol. The molecule has 3 aliphatic heterocycles. The fourth-order valence-electron chi connectivity index (χ4n) is 3.80. The summed E-state index contributed by atoms with van der Waals surface area (Å²) in [5.41, 5.74) is -0.725. The number of aromatic nitrogens is 1. The van der Waals surface area contributed by atoms with Crippen LogP contribution in [-0.4, -0.2) is 84.9 Å². The number of rotatable bonds is 1. The zero-order valence-corrected chi connectivity index (χ0v) is 14.8. The lowest BCUT2D eigenvalue weighted by molar-refractivity contribution is -0.145. The highest BCUT2D eigenvalue weighted by Gasteiger charge is 2.45. The Morgan fingerprint density at radius 2 is 1.96 bits per heavy atom. The number of hydrogen-bond donors (Lipinski definition) is 0. The first-order chi connectivity index (χ1) is 12.7. The molecule has 26 heavy (non-hydrogen) atoms. The second-order valence-electron chi connectivity index (χ2n) is 7.09. The second-order valence-corrected chi connectivity index (χ2v) is 7.09. The Hall–Kier alpha value is -2.19. The van der Waals surface area contributed by atoms with Gasteiger partial charge in [-0.25, -0.2) is 9.78 Å². The van der Waals surface area contributed by atoms with Gasteiger partial charge in [-0.15, -0.1) is 0 Å². The topological polar surface area (TPSA) is 75.2 Å². The number of carbonyl (C=O) groups is 2. The van der Waals surface area contributed by atoms with Crippen molar-refractivity contribution in [3.63, 3.8) is 0 Å². The van der Waals surface area contributed by atoms with Gasteiger partial charge in [0.2, 0.25) is 0 Å². The van der Waals surface area contributed by atoms with E-state index in [9.17, 15) is 9.59 Å². The van der Waals surface area contributed by atoms with Crippen molar-refractivity contribution < 1.29 is 19.1 Å². The van der Waals surface area contributed by atoms with Crippen LogP contribution in [0.5, 0.6) is 0 Å². The van der Waals surface area contributed by atoms with Gasteiger partial charge in [-0.2, -0.15) is 0 Å². The Morgan fingerprint density at radius 3 is 2.73 bits per heavy atom. The fourth-order valence-corrected chi connectivity index (χ4v) is 3.80. The van der Waals surface area contributed by atoms with Crippen LogP contribution in [0.3, 0.4) is 0 Å². The smallest absolute Gasteiger partial charge is 0.320 e. The molecule has 4 rings (SSSR count). The lowest BCUT2D eigenvalue weighted by atomic mass is 10.0. The highest BCUT2D eigenvalue weighted by Crippen LogP contribution is 2.27. The summed E-state index contributed by atoms with van der Waals surface area (Å²) in [4.78, 5) is 34.8. The van der Waals surface area contributed by atoms with Gasteiger partial charge in [0.05, 0.1) is 26.3 Å². The van der Waals surface area contributed by atoms with Crippen LogP contribution in [0.4, 0.5) is 10.6 Å². The summed E-state index contributed by atoms with van der Waals surface area (Å²) in [6.07, 6.45) is 3.77. The van der Waals surface area contributed by atoms with Gasteiger partial charge >= 0.3 is 6.03 Å². The molecule has 4 heterocycles. The number of anilines is 1. The number of pyridine rings is 1. The van der Waals surface area contributed by atoms with E-state index < -0.39 is 5.60 Å². The van der Waals surface area contributed by atoms with Crippen LogP contribution < -0.4 is 4.90 Å². The number of urea groups is 1. The van der Waals surface area contributed by atoms with E-state index in [1.165, 1.54) is 0 Å². The minimum atomic E-state index is -0.725. The number of likely N-dealkylation sites (tertiary alicyclic amines) is 1. The van der Waals surface area contributed by atoms with Gasteiger partial charge in [0.1, 0.15) is 18.0 Å². The number of amides is 3. The fraction of sp³-hybridized carbons (Fsp3) is 0.611. The maximum absolute atomic E-state index is 12.8. The maximum atomic E-state index is 12.8. The summed E-state index contributed by atoms with van der Waals surface area (Å²) in [7, 11) is 0. The second kappa shape index (κ2) is 7.20. The molecule has 1 aromatic heterocycles. The van der Waals surface area contributed by atoms with Crippen molar-refractivity contribution in [1.29, 1.82) is 0 Å². The van der Waals surface area contributed by atoms with E-state index in [1.807, 2.05) is 28.0 Å². The average molecular weight is 360 g/mol. The van der Waals surface area contributed by atoms with E-state index in [0.717, 1.165) is 25.9 Å². The molecule has 1 aromatic rings. The molecule has 0 aliphatic carbocycles. The van der Waals surface area contributed by atoms with Crippen LogP contribution in [0.2, 0.25) is 0 Å². The minimum absolute atomic E-state index is 0.0360. The first-order valence-corrected chi connectivity index (χ1v) is 9.14. The molecule has 3 aliphatic rings. The van der Waals surface area contributed by atoms with Crippen LogP contribution in [0.15, 0.2) is 24.4 Å². The molecule has 3 fully saturated rings. The van der Waals surface area contributed by atoms with Crippen molar-refractivity contribution in [3.8, 4) is 0 Å². The van der Waals surface area contributed by atoms with Crippen molar-refractivity contribution in [3.05, 3.63) is 24.4 Å². The molecule has 1 atom stereocenters. The van der Waals surface area contributed by atoms with Gasteiger partial charge in [-0.05, 0) is 25.0 Å². The Kier molecular flexibility index (Phi) is 4.78. The highest BCUT2D eigenvalue weighted by molar-refractivity contribution is 5.94. The van der Waals surface area contributed by atoms with Crippen molar-refractivity contribution >= 4 is 17.8 Å². The molecule has 8 heteroatoms. The summed E-state index contributed by atoms with van der Waals surface area (Å²) in [5, 5.41) is 0. The number of ether oxygens (including phenoxy) is 2. The van der Waals surface area contributed by atoms with Crippen LogP contribution in [0, 0.1) is 0 Å². The van der Waals surface area contributed by atoms with E-state index in [-0.39, 0.29) is 18.5 Å². The Labute approximate surface area is 152 Å². The normalized spacial score (nSPS) is 27.1. The molecule has 0 bridgehead atoms. The van der Waals surface area contributed by atoms with E-state index in [1.54, 1.807) is 11.1 Å². The quantitative estimate of drug-likeness (QED) is 0.738. The summed E-state index contributed by atoms with van der Waals surface area (Å²) in [5.74, 6) is 0.470. The summed E-state index contributed by atoms with van der Waals surface area (Å²) in [6.45, 7) is 3.69. The van der Waals surface area contributed by atoms with Crippen molar-refractivity contribution in [2.24, 2.45) is 0 Å². The van der Waals surface area contributed by atoms with E-state index in [2.05, 4.69) is 4.98 Å². The first-order valence-electron chi connectivity index (χ1n) is 9.14. The van der Waals surface area contributed by atoms with Gasteiger partial charge in [0.25, 0.3) is 5.91 Å². The van der Waals surface area contributed by atoms with E-state index in [0.29, 0.717) is 38.7 Å². The SMILES string of the molecule is O=C(N1CCCC1)N1CCOC[C@@]2(C1)CN(c1ccccn1)C(=O)CO2. The van der Waals surface area contributed by atoms with Gasteiger partial charge < -0.3 is 19.3 Å². The van der Waals surface area contributed by atoms with Crippen LogP contribution >= 0.6 is 0 Å². The molecule has 1 spiro atoms. The van der Waals surface area contributed by atoms with Gasteiger partial charge in [0.15, 0.2) is 0 Å². The maximum Gasteiger partial charge on any atom is 0.320 e. The molecule has 140 valence electrons. The molecular formula is C18H24N4O4. The third-order valence-corrected chi connectivity index (χ3v) is 5.17. The third kappa shape index (κ3) is 3.39. The minimum Gasteiger partial charge on any atom is -0.376 e. The van der Waals surface area contributed by atoms with E-state index in [4.69, 9.17) is 9.47 Å². The van der Waals surface area contributed by atoms with Gasteiger partial charge in [-0.1, -0.05) is 6.07 Å². The highest BCUT2D eigenvalue weighted by atomic mass is 16.6. The largest absolute Gasteiger partial charge is 0.376 e. The van der Waals surface area contributed by atoms with Crippen LogP contribution in [0.1, 0.15) is 12.8 Å². The number of nitrogens with zero attached hydrogens (tertiary/aromatic N) is 4. The predicted molar refractivity (Wildman–Crippen MR) is 93.9 cm³/mol. The summed E-state index contributed by atoms with van der Waals surface area (Å²) < 4.78 is 11.7. The van der Waals surface area contributed by atoms with Crippen molar-refractivity contribution in [2.75, 3.05) is 57.4 Å². The van der Waals surface area contributed by atoms with E-state index >= 15 is 0 Å². The third-order valence-electron chi connectivity index (χ3n) is 5.17. The molecule has 0 N–H and O–H groups in total. The molecule has 8 nitrogen and oxygen atoms in total. The zero-order chi connectivity index (χ0) is 18.0. The average Bonchev–Trinajstić information content (AvgIpc) is 3.13. The number of morpholine rings is 1. The van der Waals surface area contributed by atoms with Crippen molar-refractivity contribution in [1.82, 2.24) is 14.8 Å². The Morgan fingerprint density at radius 1 is 1.12 bits per heavy atom. The van der Waals surface area contributed by atoms with Crippen LogP contribution in [-0.2, 0) is 14.3 Å². The lowest BCUT2D eigenvalue weighted by Crippen LogP contribution is -2.62. The van der Waals surface area contributed by atoms with Crippen molar-refractivity contribution in [2.45, 2.75) is 18.4 Å². The number of hydrogen-bond acceptors (Lipinski definition) is 5. The molecule has 0 aromatic carbocycles. The van der Waals surface area contributed by atoms with Gasteiger partial charge in [-0.3, -0.25) is 9.69 Å². The molecule has 0 radical (unpaired) electrons. The standard InChI is InChI=1S/C18H24N4O4/c23-16-11-26-18(13-22(16)15-5-1-2-6-19-15)12-21(9-10-25-14-18)17(24)20-7-3-4-8-20/h1-2,5-6H,3-4,7-14H2/t18-/m1/s1. The molecule has 0 saturated carbocycles. The Balaban J connectivity index is 1.53.